The van der Waals surface area contributed by atoms with Crippen LogP contribution >= 0.6 is 0 Å². The Morgan fingerprint density at radius 2 is 2.14 bits per heavy atom. The summed E-state index contributed by atoms with van der Waals surface area (Å²) in [5, 5.41) is 7.88. The summed E-state index contributed by atoms with van der Waals surface area (Å²) in [5.41, 5.74) is 3.43. The van der Waals surface area contributed by atoms with Gasteiger partial charge >= 0.3 is 0 Å². The molecule has 2 aromatic rings. The molecule has 0 aliphatic heterocycles. The fourth-order valence-corrected chi connectivity index (χ4v) is 1.68. The van der Waals surface area contributed by atoms with Crippen molar-refractivity contribution >= 4 is 12.1 Å². The van der Waals surface area contributed by atoms with Crippen LogP contribution in [-0.2, 0) is 7.05 Å². The zero-order valence-corrected chi connectivity index (χ0v) is 12.0. The maximum absolute atomic E-state index is 11.8. The molecule has 0 atom stereocenters. The monoisotopic (exact) mass is 288 g/mol. The van der Waals surface area contributed by atoms with Crippen LogP contribution in [0.3, 0.4) is 0 Å². The Hall–Kier alpha value is -2.83. The van der Waals surface area contributed by atoms with Crippen molar-refractivity contribution in [2.75, 3.05) is 14.2 Å². The smallest absolute Gasteiger partial charge is 0.291 e. The average Bonchev–Trinajstić information content (AvgIpc) is 2.94. The predicted octanol–water partition coefficient (Wildman–Crippen LogP) is 1.20. The van der Waals surface area contributed by atoms with Crippen molar-refractivity contribution in [3.05, 3.63) is 41.7 Å². The minimum absolute atomic E-state index is 0.302. The number of benzene rings is 1. The normalized spacial score (nSPS) is 10.6. The van der Waals surface area contributed by atoms with E-state index in [0.717, 1.165) is 5.56 Å². The number of rotatable bonds is 5. The Morgan fingerprint density at radius 3 is 2.76 bits per heavy atom. The van der Waals surface area contributed by atoms with E-state index in [1.54, 1.807) is 56.4 Å². The van der Waals surface area contributed by atoms with Crippen molar-refractivity contribution in [3.63, 3.8) is 0 Å². The molecular weight excluding hydrogens is 272 g/mol. The summed E-state index contributed by atoms with van der Waals surface area (Å²) in [6, 6.07) is 6.92. The number of methoxy groups -OCH3 is 2. The molecule has 1 aromatic carbocycles. The number of carbonyl (C=O) groups is 1. The lowest BCUT2D eigenvalue weighted by Crippen LogP contribution is -2.18. The predicted molar refractivity (Wildman–Crippen MR) is 77.8 cm³/mol. The van der Waals surface area contributed by atoms with E-state index in [9.17, 15) is 4.79 Å². The van der Waals surface area contributed by atoms with Crippen molar-refractivity contribution in [1.29, 1.82) is 0 Å². The summed E-state index contributed by atoms with van der Waals surface area (Å²) in [5.74, 6) is 0.908. The highest BCUT2D eigenvalue weighted by Gasteiger charge is 2.07. The molecule has 0 aliphatic rings. The number of hydrazone groups is 1. The number of aryl methyl sites for hydroxylation is 1. The van der Waals surface area contributed by atoms with E-state index in [-0.39, 0.29) is 5.91 Å². The van der Waals surface area contributed by atoms with Crippen LogP contribution in [0, 0.1) is 0 Å². The molecule has 0 radical (unpaired) electrons. The zero-order chi connectivity index (χ0) is 15.2. The van der Waals surface area contributed by atoms with Gasteiger partial charge in [-0.1, -0.05) is 0 Å². The van der Waals surface area contributed by atoms with Crippen LogP contribution in [0.25, 0.3) is 0 Å². The third-order valence-electron chi connectivity index (χ3n) is 2.76. The number of aromatic nitrogens is 2. The van der Waals surface area contributed by atoms with E-state index < -0.39 is 0 Å². The van der Waals surface area contributed by atoms with Crippen LogP contribution in [0.15, 0.2) is 35.6 Å². The molecule has 0 unspecified atom stereocenters. The Balaban J connectivity index is 2.06. The van der Waals surface area contributed by atoms with Gasteiger partial charge < -0.3 is 9.47 Å². The summed E-state index contributed by atoms with van der Waals surface area (Å²) in [6.45, 7) is 0. The number of carbonyl (C=O) groups excluding carboxylic acids is 1. The van der Waals surface area contributed by atoms with Gasteiger partial charge in [-0.3, -0.25) is 9.48 Å². The Bertz CT molecular complexity index is 664. The van der Waals surface area contributed by atoms with Crippen LogP contribution in [0.2, 0.25) is 0 Å². The van der Waals surface area contributed by atoms with Gasteiger partial charge in [-0.05, 0) is 18.2 Å². The fraction of sp³-hybridized carbons (Fsp3) is 0.214. The molecule has 0 saturated heterocycles. The third kappa shape index (κ3) is 3.59. The SMILES string of the molecule is COc1ccc(/C=N/NC(=O)c2ccn(C)n2)c(OC)c1. The van der Waals surface area contributed by atoms with Crippen molar-refractivity contribution in [1.82, 2.24) is 15.2 Å². The molecule has 1 aromatic heterocycles. The van der Waals surface area contributed by atoms with Gasteiger partial charge in [0.15, 0.2) is 5.69 Å². The molecule has 0 spiro atoms. The molecule has 7 heteroatoms. The molecule has 0 bridgehead atoms. The highest BCUT2D eigenvalue weighted by atomic mass is 16.5. The first kappa shape index (κ1) is 14.6. The Morgan fingerprint density at radius 1 is 1.33 bits per heavy atom. The maximum Gasteiger partial charge on any atom is 0.291 e. The van der Waals surface area contributed by atoms with Gasteiger partial charge in [0.2, 0.25) is 0 Å². The standard InChI is InChI=1S/C14H16N4O3/c1-18-7-6-12(17-18)14(19)16-15-9-10-4-5-11(20-2)8-13(10)21-3/h4-9H,1-3H3,(H,16,19)/b15-9+. The number of hydrogen-bond acceptors (Lipinski definition) is 5. The van der Waals surface area contributed by atoms with Gasteiger partial charge in [0, 0.05) is 24.9 Å². The van der Waals surface area contributed by atoms with E-state index in [2.05, 4.69) is 15.6 Å². The average molecular weight is 288 g/mol. The molecule has 0 fully saturated rings. The number of amides is 1. The summed E-state index contributed by atoms with van der Waals surface area (Å²) in [4.78, 5) is 11.8. The van der Waals surface area contributed by atoms with E-state index in [1.807, 2.05) is 0 Å². The maximum atomic E-state index is 11.8. The largest absolute Gasteiger partial charge is 0.497 e. The summed E-state index contributed by atoms with van der Waals surface area (Å²) in [6.07, 6.45) is 3.18. The van der Waals surface area contributed by atoms with E-state index in [4.69, 9.17) is 9.47 Å². The highest BCUT2D eigenvalue weighted by molar-refractivity contribution is 5.93. The lowest BCUT2D eigenvalue weighted by atomic mass is 10.2. The molecule has 1 N–H and O–H groups in total. The van der Waals surface area contributed by atoms with Crippen molar-refractivity contribution in [2.24, 2.45) is 12.1 Å². The second kappa shape index (κ2) is 6.56. The van der Waals surface area contributed by atoms with Crippen molar-refractivity contribution in [2.45, 2.75) is 0 Å². The first-order chi connectivity index (χ1) is 10.1. The number of ether oxygens (including phenoxy) is 2. The van der Waals surface area contributed by atoms with Crippen molar-refractivity contribution < 1.29 is 14.3 Å². The minimum atomic E-state index is -0.376. The topological polar surface area (TPSA) is 77.7 Å². The molecule has 0 aliphatic carbocycles. The summed E-state index contributed by atoms with van der Waals surface area (Å²) in [7, 11) is 4.87. The second-order valence-corrected chi connectivity index (χ2v) is 4.18. The van der Waals surface area contributed by atoms with Gasteiger partial charge in [-0.2, -0.15) is 10.2 Å². The number of hydrogen-bond donors (Lipinski definition) is 1. The van der Waals surface area contributed by atoms with Crippen LogP contribution < -0.4 is 14.9 Å². The molecule has 7 nitrogen and oxygen atoms in total. The minimum Gasteiger partial charge on any atom is -0.497 e. The molecule has 0 saturated carbocycles. The molecular formula is C14H16N4O3. The second-order valence-electron chi connectivity index (χ2n) is 4.18. The molecule has 21 heavy (non-hydrogen) atoms. The van der Waals surface area contributed by atoms with E-state index in [1.165, 1.54) is 6.21 Å². The summed E-state index contributed by atoms with van der Waals surface area (Å²) < 4.78 is 11.9. The Labute approximate surface area is 122 Å². The van der Waals surface area contributed by atoms with E-state index in [0.29, 0.717) is 17.2 Å². The first-order valence-electron chi connectivity index (χ1n) is 6.19. The Kier molecular flexibility index (Phi) is 4.55. The molecule has 1 amide bonds. The lowest BCUT2D eigenvalue weighted by Gasteiger charge is -2.06. The molecule has 2 rings (SSSR count). The van der Waals surface area contributed by atoms with Gasteiger partial charge in [0.25, 0.3) is 5.91 Å². The zero-order valence-electron chi connectivity index (χ0n) is 12.0. The number of nitrogens with zero attached hydrogens (tertiary/aromatic N) is 3. The number of nitrogens with one attached hydrogen (secondary N) is 1. The van der Waals surface area contributed by atoms with Crippen molar-refractivity contribution in [3.8, 4) is 11.5 Å². The lowest BCUT2D eigenvalue weighted by molar-refractivity contribution is 0.0949. The van der Waals surface area contributed by atoms with Gasteiger partial charge in [0.05, 0.1) is 20.4 Å². The first-order valence-corrected chi connectivity index (χ1v) is 6.19. The van der Waals surface area contributed by atoms with Gasteiger partial charge in [-0.25, -0.2) is 5.43 Å². The van der Waals surface area contributed by atoms with E-state index >= 15 is 0 Å². The fourth-order valence-electron chi connectivity index (χ4n) is 1.68. The molecule has 1 heterocycles. The van der Waals surface area contributed by atoms with Crippen LogP contribution in [0.1, 0.15) is 16.1 Å². The van der Waals surface area contributed by atoms with Gasteiger partial charge in [-0.15, -0.1) is 0 Å². The van der Waals surface area contributed by atoms with Crippen LogP contribution in [0.4, 0.5) is 0 Å². The third-order valence-corrected chi connectivity index (χ3v) is 2.76. The quantitative estimate of drug-likeness (QED) is 0.662. The highest BCUT2D eigenvalue weighted by Crippen LogP contribution is 2.22. The van der Waals surface area contributed by atoms with Crippen LogP contribution in [-0.4, -0.2) is 36.1 Å². The molecule has 110 valence electrons. The summed E-state index contributed by atoms with van der Waals surface area (Å²) >= 11 is 0. The van der Waals surface area contributed by atoms with Crippen LogP contribution in [0.5, 0.6) is 11.5 Å². The van der Waals surface area contributed by atoms with Gasteiger partial charge in [0.1, 0.15) is 11.5 Å².